The van der Waals surface area contributed by atoms with Gasteiger partial charge in [0.2, 0.25) is 0 Å². The number of alkyl halides is 3. The van der Waals surface area contributed by atoms with Crippen molar-refractivity contribution in [2.24, 2.45) is 7.05 Å². The van der Waals surface area contributed by atoms with Crippen molar-refractivity contribution >= 4 is 28.4 Å². The molecule has 4 aromatic rings. The summed E-state index contributed by atoms with van der Waals surface area (Å²) in [4.78, 5) is 21.0. The van der Waals surface area contributed by atoms with Crippen LogP contribution in [0.2, 0.25) is 0 Å². The minimum absolute atomic E-state index is 0.211. The Hall–Kier alpha value is -4.42. The van der Waals surface area contributed by atoms with E-state index in [-0.39, 0.29) is 17.1 Å². The summed E-state index contributed by atoms with van der Waals surface area (Å²) in [6.45, 7) is 5.12. The number of para-hydroxylation sites is 1. The number of halogens is 5. The summed E-state index contributed by atoms with van der Waals surface area (Å²) >= 11 is 0. The Morgan fingerprint density at radius 2 is 1.77 bits per heavy atom. The fraction of sp³-hybridized carbons (Fsp3) is 0.296. The summed E-state index contributed by atoms with van der Waals surface area (Å²) in [7, 11) is 1.53. The monoisotopic (exact) mass is 560 g/mol. The number of amides is 2. The summed E-state index contributed by atoms with van der Waals surface area (Å²) in [5.74, 6) is -4.86. The number of aryl methyl sites for hydroxylation is 1. The van der Waals surface area contributed by atoms with E-state index in [1.807, 2.05) is 36.9 Å². The van der Waals surface area contributed by atoms with E-state index in [1.54, 1.807) is 23.1 Å². The molecule has 0 atom stereocenters. The van der Waals surface area contributed by atoms with Crippen molar-refractivity contribution in [2.75, 3.05) is 29.9 Å². The second-order valence-corrected chi connectivity index (χ2v) is 10.2. The van der Waals surface area contributed by atoms with Crippen LogP contribution in [0.4, 0.5) is 38.3 Å². The third kappa shape index (κ3) is 4.75. The number of carbonyl (C=O) groups is 1. The van der Waals surface area contributed by atoms with Gasteiger partial charge < -0.3 is 20.2 Å². The molecular weight excluding hydrogens is 535 g/mol. The van der Waals surface area contributed by atoms with E-state index in [0.717, 1.165) is 0 Å². The van der Waals surface area contributed by atoms with E-state index < -0.39 is 40.2 Å². The summed E-state index contributed by atoms with van der Waals surface area (Å²) < 4.78 is 70.2. The van der Waals surface area contributed by atoms with Gasteiger partial charge in [-0.25, -0.2) is 18.6 Å². The lowest BCUT2D eigenvalue weighted by Crippen LogP contribution is -2.61. The third-order valence-electron chi connectivity index (χ3n) is 6.95. The van der Waals surface area contributed by atoms with Gasteiger partial charge in [-0.15, -0.1) is 0 Å². The molecule has 0 unspecified atom stereocenters. The molecule has 40 heavy (non-hydrogen) atoms. The maximum Gasteiger partial charge on any atom is 0.419 e. The van der Waals surface area contributed by atoms with Gasteiger partial charge >= 0.3 is 12.2 Å². The van der Waals surface area contributed by atoms with Gasteiger partial charge in [0, 0.05) is 55.6 Å². The third-order valence-corrected chi connectivity index (χ3v) is 6.95. The molecule has 0 radical (unpaired) electrons. The predicted molar refractivity (Wildman–Crippen MR) is 139 cm³/mol. The highest BCUT2D eigenvalue weighted by Crippen LogP contribution is 2.42. The zero-order valence-electron chi connectivity index (χ0n) is 21.7. The molecule has 1 saturated heterocycles. The molecule has 0 saturated carbocycles. The molecule has 5 rings (SSSR count). The van der Waals surface area contributed by atoms with Crippen molar-refractivity contribution in [1.29, 1.82) is 0 Å². The van der Waals surface area contributed by atoms with E-state index in [1.165, 1.54) is 17.9 Å². The van der Waals surface area contributed by atoms with Crippen molar-refractivity contribution in [3.05, 3.63) is 65.9 Å². The van der Waals surface area contributed by atoms with Crippen LogP contribution in [0.15, 0.2) is 48.7 Å². The molecule has 13 heteroatoms. The molecule has 1 aliphatic heterocycles. The number of rotatable bonds is 3. The van der Waals surface area contributed by atoms with Crippen LogP contribution in [0.25, 0.3) is 22.2 Å². The van der Waals surface area contributed by atoms with Crippen LogP contribution in [0.5, 0.6) is 5.75 Å². The number of hydrogen-bond acceptors (Lipinski definition) is 5. The first-order valence-corrected chi connectivity index (χ1v) is 12.3. The lowest BCUT2D eigenvalue weighted by molar-refractivity contribution is -0.140. The molecule has 1 fully saturated rings. The van der Waals surface area contributed by atoms with E-state index in [0.29, 0.717) is 42.7 Å². The number of phenols is 1. The number of aromatic nitrogens is 3. The molecule has 0 bridgehead atoms. The molecule has 2 N–H and O–H groups in total. The van der Waals surface area contributed by atoms with Crippen LogP contribution < -0.4 is 10.2 Å². The quantitative estimate of drug-likeness (QED) is 0.311. The van der Waals surface area contributed by atoms with Gasteiger partial charge in [0.05, 0.1) is 16.6 Å². The SMILES string of the molecule is Cn1nc(-c2cc(C(F)(F)F)c(F)c(O)c2F)c2cnc(N3CCN(C(=O)Nc4ccccc4)CC3(C)C)cc21. The number of phenolic OH excluding ortho intramolecular Hbond substituents is 1. The Labute approximate surface area is 225 Å². The van der Waals surface area contributed by atoms with Crippen molar-refractivity contribution in [1.82, 2.24) is 19.7 Å². The molecule has 0 aliphatic carbocycles. The van der Waals surface area contributed by atoms with Gasteiger partial charge in [-0.1, -0.05) is 18.2 Å². The zero-order chi connectivity index (χ0) is 29.0. The van der Waals surface area contributed by atoms with Crippen LogP contribution >= 0.6 is 0 Å². The first-order chi connectivity index (χ1) is 18.8. The first-order valence-electron chi connectivity index (χ1n) is 12.3. The lowest BCUT2D eigenvalue weighted by Gasteiger charge is -2.47. The lowest BCUT2D eigenvalue weighted by atomic mass is 9.98. The molecule has 1 aliphatic rings. The standard InChI is InChI=1S/C27H25F5N6O2/c1-26(2)14-37(25(40)34-15-7-5-4-6-8-15)9-10-38(26)20-12-19-17(13-33-20)23(35-36(19)3)16-11-18(27(30,31)32)22(29)24(39)21(16)28/h4-8,11-13,39H,9-10,14H2,1-3H3,(H,34,40). The number of carbonyl (C=O) groups excluding carboxylic acids is 1. The second-order valence-electron chi connectivity index (χ2n) is 10.2. The fourth-order valence-corrected chi connectivity index (χ4v) is 4.97. The Morgan fingerprint density at radius 1 is 1.07 bits per heavy atom. The van der Waals surface area contributed by atoms with Crippen molar-refractivity contribution in [3.63, 3.8) is 0 Å². The smallest absolute Gasteiger partial charge is 0.419 e. The number of benzene rings is 2. The van der Waals surface area contributed by atoms with Gasteiger partial charge in [-0.3, -0.25) is 4.68 Å². The molecule has 3 heterocycles. The van der Waals surface area contributed by atoms with Crippen molar-refractivity contribution in [3.8, 4) is 17.0 Å². The number of aromatic hydroxyl groups is 1. The molecular formula is C27H25F5N6O2. The van der Waals surface area contributed by atoms with E-state index >= 15 is 0 Å². The topological polar surface area (TPSA) is 86.5 Å². The summed E-state index contributed by atoms with van der Waals surface area (Å²) in [6, 6.07) is 10.8. The van der Waals surface area contributed by atoms with Gasteiger partial charge in [0.1, 0.15) is 11.5 Å². The second kappa shape index (κ2) is 9.65. The van der Waals surface area contributed by atoms with Gasteiger partial charge in [-0.2, -0.15) is 18.3 Å². The molecule has 2 amide bonds. The van der Waals surface area contributed by atoms with E-state index in [4.69, 9.17) is 0 Å². The highest BCUT2D eigenvalue weighted by atomic mass is 19.4. The van der Waals surface area contributed by atoms with Crippen LogP contribution in [0, 0.1) is 11.6 Å². The average molecular weight is 561 g/mol. The van der Waals surface area contributed by atoms with Crippen LogP contribution in [0.3, 0.4) is 0 Å². The number of hydrogen-bond donors (Lipinski definition) is 2. The van der Waals surface area contributed by atoms with Gasteiger partial charge in [0.15, 0.2) is 17.4 Å². The van der Waals surface area contributed by atoms with Crippen LogP contribution in [-0.4, -0.2) is 56.0 Å². The van der Waals surface area contributed by atoms with Crippen LogP contribution in [0.1, 0.15) is 19.4 Å². The number of urea groups is 1. The minimum Gasteiger partial charge on any atom is -0.503 e. The molecule has 0 spiro atoms. The van der Waals surface area contributed by atoms with Gasteiger partial charge in [-0.05, 0) is 32.0 Å². The highest BCUT2D eigenvalue weighted by molar-refractivity contribution is 5.94. The Morgan fingerprint density at radius 3 is 2.42 bits per heavy atom. The maximum absolute atomic E-state index is 14.8. The number of nitrogens with zero attached hydrogens (tertiary/aromatic N) is 5. The maximum atomic E-state index is 14.8. The first kappa shape index (κ1) is 27.2. The largest absolute Gasteiger partial charge is 0.503 e. The predicted octanol–water partition coefficient (Wildman–Crippen LogP) is 5.77. The summed E-state index contributed by atoms with van der Waals surface area (Å²) in [5, 5.41) is 17.0. The van der Waals surface area contributed by atoms with Crippen molar-refractivity contribution in [2.45, 2.75) is 25.6 Å². The number of pyridine rings is 1. The molecule has 210 valence electrons. The molecule has 2 aromatic heterocycles. The Kier molecular flexibility index (Phi) is 6.55. The molecule has 8 nitrogen and oxygen atoms in total. The highest BCUT2D eigenvalue weighted by Gasteiger charge is 2.39. The number of piperazine rings is 1. The Balaban J connectivity index is 1.45. The fourth-order valence-electron chi connectivity index (χ4n) is 4.97. The number of nitrogens with one attached hydrogen (secondary N) is 1. The number of anilines is 2. The minimum atomic E-state index is -5.16. The van der Waals surface area contributed by atoms with Crippen molar-refractivity contribution < 1.29 is 31.9 Å². The normalized spacial score (nSPS) is 15.5. The van der Waals surface area contributed by atoms with E-state index in [2.05, 4.69) is 15.4 Å². The number of fused-ring (bicyclic) bond motifs is 1. The summed E-state index contributed by atoms with van der Waals surface area (Å²) in [5.41, 5.74) is -2.18. The summed E-state index contributed by atoms with van der Waals surface area (Å²) in [6.07, 6.45) is -3.81. The van der Waals surface area contributed by atoms with Crippen LogP contribution in [-0.2, 0) is 13.2 Å². The average Bonchev–Trinajstić information content (AvgIpc) is 3.22. The Bertz CT molecular complexity index is 1600. The molecule has 2 aromatic carbocycles. The van der Waals surface area contributed by atoms with Gasteiger partial charge in [0.25, 0.3) is 0 Å². The van der Waals surface area contributed by atoms with E-state index in [9.17, 15) is 31.9 Å². The zero-order valence-corrected chi connectivity index (χ0v) is 21.7.